The van der Waals surface area contributed by atoms with Crippen molar-refractivity contribution in [1.29, 1.82) is 0 Å². The molecule has 0 saturated heterocycles. The van der Waals surface area contributed by atoms with Crippen LogP contribution in [-0.2, 0) is 28.6 Å². The molecule has 6 nitrogen and oxygen atoms in total. The highest BCUT2D eigenvalue weighted by molar-refractivity contribution is 5.71. The summed E-state index contributed by atoms with van der Waals surface area (Å²) in [4.78, 5) is 37.9. The Bertz CT molecular complexity index is 1020. The fourth-order valence-corrected chi connectivity index (χ4v) is 9.03. The van der Waals surface area contributed by atoms with Crippen molar-refractivity contribution in [1.82, 2.24) is 0 Å². The van der Waals surface area contributed by atoms with E-state index in [0.29, 0.717) is 19.3 Å². The van der Waals surface area contributed by atoms with E-state index in [4.69, 9.17) is 14.2 Å². The average Bonchev–Trinajstić information content (AvgIpc) is 3.31. The maximum Gasteiger partial charge on any atom is 0.306 e. The number of esters is 3. The van der Waals surface area contributed by atoms with E-state index in [9.17, 15) is 14.4 Å². The van der Waals surface area contributed by atoms with E-state index < -0.39 is 6.10 Å². The summed E-state index contributed by atoms with van der Waals surface area (Å²) in [6.45, 7) is 6.64. The highest BCUT2D eigenvalue weighted by Crippen LogP contribution is 2.18. The molecule has 0 aliphatic rings. The summed E-state index contributed by atoms with van der Waals surface area (Å²) in [5.41, 5.74) is 0. The standard InChI is InChI=1S/C60H114O6/c1-4-7-10-13-16-18-20-22-24-25-26-27-28-29-30-31-32-33-34-36-37-39-41-44-47-50-53-59(62)65-56-57(55-64-58(61)52-49-46-43-15-12-9-6-3)66-60(63)54-51-48-45-42-40-38-35-23-21-19-17-14-11-8-5-2/h23,35,57H,4-22,24-34,36-56H2,1-3H3/b35-23-. The van der Waals surface area contributed by atoms with Crippen LogP contribution >= 0.6 is 0 Å². The van der Waals surface area contributed by atoms with Crippen molar-refractivity contribution in [2.75, 3.05) is 13.2 Å². The Hall–Kier alpha value is -1.85. The highest BCUT2D eigenvalue weighted by atomic mass is 16.6. The van der Waals surface area contributed by atoms with E-state index in [-0.39, 0.29) is 31.1 Å². The molecule has 1 atom stereocenters. The number of ether oxygens (including phenoxy) is 3. The summed E-state index contributed by atoms with van der Waals surface area (Å²) < 4.78 is 16.8. The minimum atomic E-state index is -0.767. The molecule has 0 aromatic carbocycles. The lowest BCUT2D eigenvalue weighted by atomic mass is 10.0. The van der Waals surface area contributed by atoms with Gasteiger partial charge < -0.3 is 14.2 Å². The Balaban J connectivity index is 4.05. The number of hydrogen-bond acceptors (Lipinski definition) is 6. The molecule has 0 rings (SSSR count). The van der Waals surface area contributed by atoms with E-state index in [2.05, 4.69) is 32.9 Å². The molecule has 0 spiro atoms. The zero-order valence-corrected chi connectivity index (χ0v) is 44.7. The predicted octanol–water partition coefficient (Wildman–Crippen LogP) is 19.7. The first-order valence-electron chi connectivity index (χ1n) is 29.7. The Morgan fingerprint density at radius 2 is 0.500 bits per heavy atom. The Morgan fingerprint density at radius 1 is 0.288 bits per heavy atom. The van der Waals surface area contributed by atoms with E-state index in [1.807, 2.05) is 0 Å². The van der Waals surface area contributed by atoms with Gasteiger partial charge in [0.25, 0.3) is 0 Å². The van der Waals surface area contributed by atoms with Crippen molar-refractivity contribution in [2.24, 2.45) is 0 Å². The second-order valence-corrected chi connectivity index (χ2v) is 20.3. The SMILES string of the molecule is CCCCCCCC/C=C\CCCCCCCC(=O)OC(COC(=O)CCCCCCCCC)COC(=O)CCCCCCCCCCCCCCCCCCCCCCCCCCCC. The largest absolute Gasteiger partial charge is 0.462 e. The second-order valence-electron chi connectivity index (χ2n) is 20.3. The Labute approximate surface area is 411 Å². The summed E-state index contributed by atoms with van der Waals surface area (Å²) in [6.07, 6.45) is 63.9. The van der Waals surface area contributed by atoms with Crippen LogP contribution in [0.5, 0.6) is 0 Å². The molecule has 0 bridgehead atoms. The third-order valence-corrected chi connectivity index (χ3v) is 13.5. The molecule has 6 heteroatoms. The number of carbonyl (C=O) groups is 3. The lowest BCUT2D eigenvalue weighted by Crippen LogP contribution is -2.30. The van der Waals surface area contributed by atoms with Gasteiger partial charge in [0.2, 0.25) is 0 Å². The normalized spacial score (nSPS) is 12.0. The van der Waals surface area contributed by atoms with Gasteiger partial charge in [-0.2, -0.15) is 0 Å². The van der Waals surface area contributed by atoms with Crippen molar-refractivity contribution >= 4 is 17.9 Å². The number of unbranched alkanes of at least 4 members (excludes halogenated alkanes) is 42. The summed E-state index contributed by atoms with van der Waals surface area (Å²) in [5, 5.41) is 0. The topological polar surface area (TPSA) is 78.9 Å². The smallest absolute Gasteiger partial charge is 0.306 e. The third-order valence-electron chi connectivity index (χ3n) is 13.5. The van der Waals surface area contributed by atoms with Gasteiger partial charge in [-0.15, -0.1) is 0 Å². The molecule has 390 valence electrons. The van der Waals surface area contributed by atoms with Crippen LogP contribution in [0.3, 0.4) is 0 Å². The number of carbonyl (C=O) groups excluding carboxylic acids is 3. The van der Waals surface area contributed by atoms with Crippen molar-refractivity contribution in [3.05, 3.63) is 12.2 Å². The van der Waals surface area contributed by atoms with Gasteiger partial charge in [0.05, 0.1) is 0 Å². The fraction of sp³-hybridized carbons (Fsp3) is 0.917. The lowest BCUT2D eigenvalue weighted by Gasteiger charge is -2.18. The van der Waals surface area contributed by atoms with Crippen LogP contribution in [-0.4, -0.2) is 37.2 Å². The van der Waals surface area contributed by atoms with Crippen molar-refractivity contribution in [3.63, 3.8) is 0 Å². The molecule has 0 fully saturated rings. The molecule has 0 aliphatic heterocycles. The van der Waals surface area contributed by atoms with Gasteiger partial charge in [-0.25, -0.2) is 0 Å². The van der Waals surface area contributed by atoms with Gasteiger partial charge in [0.1, 0.15) is 13.2 Å². The first-order valence-corrected chi connectivity index (χ1v) is 29.7. The van der Waals surface area contributed by atoms with Gasteiger partial charge in [-0.3, -0.25) is 14.4 Å². The first kappa shape index (κ1) is 64.2. The monoisotopic (exact) mass is 931 g/mol. The van der Waals surface area contributed by atoms with Crippen molar-refractivity contribution in [2.45, 2.75) is 341 Å². The maximum atomic E-state index is 12.8. The molecule has 0 aliphatic carbocycles. The summed E-state index contributed by atoms with van der Waals surface area (Å²) in [6, 6.07) is 0. The van der Waals surface area contributed by atoms with Crippen LogP contribution in [0.1, 0.15) is 335 Å². The molecular formula is C60H114O6. The molecule has 0 saturated carbocycles. The number of rotatable bonds is 55. The third kappa shape index (κ3) is 53.1. The zero-order valence-electron chi connectivity index (χ0n) is 44.7. The molecular weight excluding hydrogens is 817 g/mol. The van der Waals surface area contributed by atoms with Crippen LogP contribution in [0, 0.1) is 0 Å². The number of hydrogen-bond donors (Lipinski definition) is 0. The van der Waals surface area contributed by atoms with Crippen LogP contribution in [0.4, 0.5) is 0 Å². The molecule has 0 N–H and O–H groups in total. The molecule has 0 aromatic heterocycles. The average molecular weight is 932 g/mol. The quantitative estimate of drug-likeness (QED) is 0.0262. The molecule has 0 radical (unpaired) electrons. The summed E-state index contributed by atoms with van der Waals surface area (Å²) in [7, 11) is 0. The number of allylic oxidation sites excluding steroid dienone is 2. The van der Waals surface area contributed by atoms with Gasteiger partial charge in [-0.05, 0) is 44.9 Å². The lowest BCUT2D eigenvalue weighted by molar-refractivity contribution is -0.167. The minimum Gasteiger partial charge on any atom is -0.462 e. The highest BCUT2D eigenvalue weighted by Gasteiger charge is 2.19. The first-order chi connectivity index (χ1) is 32.5. The molecule has 1 unspecified atom stereocenters. The Morgan fingerprint density at radius 3 is 0.758 bits per heavy atom. The van der Waals surface area contributed by atoms with Crippen LogP contribution in [0.25, 0.3) is 0 Å². The van der Waals surface area contributed by atoms with Gasteiger partial charge >= 0.3 is 17.9 Å². The molecule has 66 heavy (non-hydrogen) atoms. The van der Waals surface area contributed by atoms with E-state index in [1.165, 1.54) is 231 Å². The predicted molar refractivity (Wildman–Crippen MR) is 284 cm³/mol. The Kier molecular flexibility index (Phi) is 54.2. The van der Waals surface area contributed by atoms with E-state index in [1.54, 1.807) is 0 Å². The van der Waals surface area contributed by atoms with Crippen LogP contribution in [0.15, 0.2) is 12.2 Å². The molecule has 0 aromatic rings. The molecule has 0 amide bonds. The maximum absolute atomic E-state index is 12.8. The second kappa shape index (κ2) is 55.7. The van der Waals surface area contributed by atoms with Gasteiger partial charge in [0.15, 0.2) is 6.10 Å². The van der Waals surface area contributed by atoms with E-state index in [0.717, 1.165) is 64.2 Å². The summed E-state index contributed by atoms with van der Waals surface area (Å²) >= 11 is 0. The van der Waals surface area contributed by atoms with Gasteiger partial charge in [0, 0.05) is 19.3 Å². The molecule has 0 heterocycles. The van der Waals surface area contributed by atoms with Crippen LogP contribution < -0.4 is 0 Å². The van der Waals surface area contributed by atoms with E-state index >= 15 is 0 Å². The van der Waals surface area contributed by atoms with Crippen LogP contribution in [0.2, 0.25) is 0 Å². The van der Waals surface area contributed by atoms with Gasteiger partial charge in [-0.1, -0.05) is 283 Å². The summed E-state index contributed by atoms with van der Waals surface area (Å²) in [5.74, 6) is -0.863. The fourth-order valence-electron chi connectivity index (χ4n) is 9.03. The minimum absolute atomic E-state index is 0.0683. The van der Waals surface area contributed by atoms with Crippen molar-refractivity contribution in [3.8, 4) is 0 Å². The van der Waals surface area contributed by atoms with Crippen molar-refractivity contribution < 1.29 is 28.6 Å². The zero-order chi connectivity index (χ0) is 47.9.